The fourth-order valence-corrected chi connectivity index (χ4v) is 3.35. The van der Waals surface area contributed by atoms with Crippen LogP contribution in [0, 0.1) is 11.7 Å². The molecule has 0 fully saturated rings. The molecule has 134 valence electrons. The van der Waals surface area contributed by atoms with Gasteiger partial charge in [0.25, 0.3) is 0 Å². The maximum Gasteiger partial charge on any atom is 0.244 e. The summed E-state index contributed by atoms with van der Waals surface area (Å²) in [6.45, 7) is 5.17. The standard InChI is InChI=1S/C15H22FN3O4S/c1-4-17-13(20)9-18-15(21)14(10(2)3)19-24(22,23)12-8-6-5-7-11(12)16/h5-8,10,14,19H,4,9H2,1-3H3,(H,17,20)(H,18,21)/t14-/m0/s1. The van der Waals surface area contributed by atoms with Gasteiger partial charge < -0.3 is 10.6 Å². The van der Waals surface area contributed by atoms with E-state index in [0.717, 1.165) is 12.1 Å². The van der Waals surface area contributed by atoms with E-state index in [-0.39, 0.29) is 12.5 Å². The molecule has 0 bridgehead atoms. The third-order valence-electron chi connectivity index (χ3n) is 3.15. The summed E-state index contributed by atoms with van der Waals surface area (Å²) < 4.78 is 40.5. The highest BCUT2D eigenvalue weighted by Crippen LogP contribution is 2.15. The van der Waals surface area contributed by atoms with Crippen LogP contribution in [0.4, 0.5) is 4.39 Å². The number of carbonyl (C=O) groups excluding carboxylic acids is 2. The van der Waals surface area contributed by atoms with Crippen molar-refractivity contribution >= 4 is 21.8 Å². The maximum absolute atomic E-state index is 13.7. The molecule has 1 aromatic carbocycles. The smallest absolute Gasteiger partial charge is 0.244 e. The van der Waals surface area contributed by atoms with Gasteiger partial charge in [-0.3, -0.25) is 9.59 Å². The molecule has 0 spiro atoms. The van der Waals surface area contributed by atoms with Crippen molar-refractivity contribution in [3.8, 4) is 0 Å². The van der Waals surface area contributed by atoms with Crippen LogP contribution < -0.4 is 15.4 Å². The lowest BCUT2D eigenvalue weighted by atomic mass is 10.1. The largest absolute Gasteiger partial charge is 0.355 e. The van der Waals surface area contributed by atoms with Gasteiger partial charge in [0.05, 0.1) is 6.54 Å². The minimum Gasteiger partial charge on any atom is -0.355 e. The zero-order valence-electron chi connectivity index (χ0n) is 13.8. The van der Waals surface area contributed by atoms with Crippen LogP contribution in [0.2, 0.25) is 0 Å². The van der Waals surface area contributed by atoms with Gasteiger partial charge in [-0.25, -0.2) is 12.8 Å². The van der Waals surface area contributed by atoms with Crippen molar-refractivity contribution in [1.29, 1.82) is 0 Å². The van der Waals surface area contributed by atoms with Crippen molar-refractivity contribution in [3.63, 3.8) is 0 Å². The lowest BCUT2D eigenvalue weighted by Crippen LogP contribution is -2.51. The summed E-state index contributed by atoms with van der Waals surface area (Å²) in [4.78, 5) is 23.0. The summed E-state index contributed by atoms with van der Waals surface area (Å²) in [7, 11) is -4.22. The Morgan fingerprint density at radius 3 is 2.33 bits per heavy atom. The number of sulfonamides is 1. The van der Waals surface area contributed by atoms with Crippen molar-refractivity contribution in [2.75, 3.05) is 13.1 Å². The number of rotatable bonds is 8. The van der Waals surface area contributed by atoms with Crippen LogP contribution in [0.15, 0.2) is 29.2 Å². The monoisotopic (exact) mass is 359 g/mol. The van der Waals surface area contributed by atoms with E-state index in [1.165, 1.54) is 12.1 Å². The summed E-state index contributed by atoms with van der Waals surface area (Å²) in [5.41, 5.74) is 0. The highest BCUT2D eigenvalue weighted by atomic mass is 32.2. The van der Waals surface area contributed by atoms with Crippen molar-refractivity contribution < 1.29 is 22.4 Å². The van der Waals surface area contributed by atoms with Crippen molar-refractivity contribution in [1.82, 2.24) is 15.4 Å². The molecule has 0 saturated carbocycles. The third-order valence-corrected chi connectivity index (χ3v) is 4.63. The lowest BCUT2D eigenvalue weighted by molar-refractivity contribution is -0.127. The molecule has 24 heavy (non-hydrogen) atoms. The van der Waals surface area contributed by atoms with Gasteiger partial charge in [-0.05, 0) is 25.0 Å². The molecular weight excluding hydrogens is 337 g/mol. The predicted octanol–water partition coefficient (Wildman–Crippen LogP) is 0.381. The molecule has 0 aliphatic rings. The first-order valence-electron chi connectivity index (χ1n) is 7.50. The molecule has 7 nitrogen and oxygen atoms in total. The minimum absolute atomic E-state index is 0.267. The summed E-state index contributed by atoms with van der Waals surface area (Å²) in [5, 5.41) is 4.87. The molecule has 0 heterocycles. The Bertz CT molecular complexity index is 692. The number of hydrogen-bond donors (Lipinski definition) is 3. The topological polar surface area (TPSA) is 104 Å². The number of amides is 2. The highest BCUT2D eigenvalue weighted by Gasteiger charge is 2.29. The summed E-state index contributed by atoms with van der Waals surface area (Å²) in [6, 6.07) is 3.75. The highest BCUT2D eigenvalue weighted by molar-refractivity contribution is 7.89. The second kappa shape index (κ2) is 8.74. The first-order chi connectivity index (χ1) is 11.2. The molecule has 0 unspecified atom stereocenters. The van der Waals surface area contributed by atoms with Crippen LogP contribution in [-0.2, 0) is 19.6 Å². The zero-order chi connectivity index (χ0) is 18.3. The molecule has 0 aliphatic carbocycles. The second-order valence-electron chi connectivity index (χ2n) is 5.44. The third kappa shape index (κ3) is 5.57. The van der Waals surface area contributed by atoms with Gasteiger partial charge in [0.1, 0.15) is 16.8 Å². The van der Waals surface area contributed by atoms with Crippen molar-refractivity contribution in [2.45, 2.75) is 31.7 Å². The van der Waals surface area contributed by atoms with E-state index >= 15 is 0 Å². The summed E-state index contributed by atoms with van der Waals surface area (Å²) in [6.07, 6.45) is 0. The molecule has 0 saturated heterocycles. The average Bonchev–Trinajstić information content (AvgIpc) is 2.50. The van der Waals surface area contributed by atoms with Crippen molar-refractivity contribution in [3.05, 3.63) is 30.1 Å². The SMILES string of the molecule is CCNC(=O)CNC(=O)[C@@H](NS(=O)(=O)c1ccccc1F)C(C)C. The van der Waals surface area contributed by atoms with E-state index in [4.69, 9.17) is 0 Å². The average molecular weight is 359 g/mol. The molecule has 1 aromatic rings. The molecule has 3 N–H and O–H groups in total. The lowest BCUT2D eigenvalue weighted by Gasteiger charge is -2.21. The second-order valence-corrected chi connectivity index (χ2v) is 7.13. The molecule has 0 aliphatic heterocycles. The first-order valence-corrected chi connectivity index (χ1v) is 8.98. The molecule has 0 radical (unpaired) electrons. The normalized spacial score (nSPS) is 12.7. The number of nitrogens with one attached hydrogen (secondary N) is 3. The fraction of sp³-hybridized carbons (Fsp3) is 0.467. The molecule has 1 atom stereocenters. The first kappa shape index (κ1) is 20.0. The number of carbonyl (C=O) groups is 2. The number of likely N-dealkylation sites (N-methyl/N-ethyl adjacent to an activating group) is 1. The van der Waals surface area contributed by atoms with Gasteiger partial charge in [0.2, 0.25) is 21.8 Å². The Hall–Kier alpha value is -2.00. The zero-order valence-corrected chi connectivity index (χ0v) is 14.6. The Labute approximate surface area is 141 Å². The molecule has 1 rings (SSSR count). The van der Waals surface area contributed by atoms with Crippen LogP contribution in [0.25, 0.3) is 0 Å². The van der Waals surface area contributed by atoms with Gasteiger partial charge in [-0.2, -0.15) is 4.72 Å². The van der Waals surface area contributed by atoms with E-state index in [2.05, 4.69) is 15.4 Å². The van der Waals surface area contributed by atoms with E-state index < -0.39 is 38.6 Å². The van der Waals surface area contributed by atoms with Gasteiger partial charge in [0.15, 0.2) is 0 Å². The number of halogens is 1. The number of hydrogen-bond acceptors (Lipinski definition) is 4. The number of benzene rings is 1. The van der Waals surface area contributed by atoms with E-state index in [0.29, 0.717) is 6.54 Å². The molecule has 0 aromatic heterocycles. The van der Waals surface area contributed by atoms with Crippen LogP contribution in [-0.4, -0.2) is 39.4 Å². The molecular formula is C15H22FN3O4S. The Kier molecular flexibility index (Phi) is 7.30. The molecule has 9 heteroatoms. The van der Waals surface area contributed by atoms with Crippen molar-refractivity contribution in [2.24, 2.45) is 5.92 Å². The fourth-order valence-electron chi connectivity index (χ4n) is 1.92. The van der Waals surface area contributed by atoms with Crippen LogP contribution in [0.1, 0.15) is 20.8 Å². The van der Waals surface area contributed by atoms with Crippen LogP contribution in [0.5, 0.6) is 0 Å². The van der Waals surface area contributed by atoms with E-state index in [1.807, 2.05) is 0 Å². The Balaban J connectivity index is 2.88. The van der Waals surface area contributed by atoms with Gasteiger partial charge in [-0.15, -0.1) is 0 Å². The van der Waals surface area contributed by atoms with E-state index in [1.54, 1.807) is 20.8 Å². The van der Waals surface area contributed by atoms with Gasteiger partial charge >= 0.3 is 0 Å². The quantitative estimate of drug-likeness (QED) is 0.624. The molecule has 2 amide bonds. The summed E-state index contributed by atoms with van der Waals surface area (Å²) >= 11 is 0. The van der Waals surface area contributed by atoms with Crippen LogP contribution >= 0.6 is 0 Å². The predicted molar refractivity (Wildman–Crippen MR) is 87.0 cm³/mol. The minimum atomic E-state index is -4.22. The van der Waals surface area contributed by atoms with Gasteiger partial charge in [-0.1, -0.05) is 26.0 Å². The summed E-state index contributed by atoms with van der Waals surface area (Å²) in [5.74, 6) is -2.35. The van der Waals surface area contributed by atoms with Gasteiger partial charge in [0, 0.05) is 6.54 Å². The Morgan fingerprint density at radius 2 is 1.79 bits per heavy atom. The van der Waals surface area contributed by atoms with Crippen LogP contribution in [0.3, 0.4) is 0 Å². The Morgan fingerprint density at radius 1 is 1.17 bits per heavy atom. The maximum atomic E-state index is 13.7. The van der Waals surface area contributed by atoms with E-state index in [9.17, 15) is 22.4 Å².